The van der Waals surface area contributed by atoms with Crippen LogP contribution in [0.15, 0.2) is 24.0 Å². The van der Waals surface area contributed by atoms with E-state index in [4.69, 9.17) is 23.7 Å². The minimum atomic E-state index is -0.992. The van der Waals surface area contributed by atoms with Gasteiger partial charge < -0.3 is 34.3 Å². The lowest BCUT2D eigenvalue weighted by Gasteiger charge is -2.62. The minimum Gasteiger partial charge on any atom is -0.481 e. The van der Waals surface area contributed by atoms with Crippen molar-refractivity contribution in [2.24, 2.45) is 0 Å². The van der Waals surface area contributed by atoms with Crippen LogP contribution in [0.5, 0.6) is 5.75 Å². The summed E-state index contributed by atoms with van der Waals surface area (Å²) in [6.07, 6.45) is 1.41. The van der Waals surface area contributed by atoms with Gasteiger partial charge in [-0.2, -0.15) is 0 Å². The topological polar surface area (TPSA) is 142 Å². The second-order valence-corrected chi connectivity index (χ2v) is 14.7. The maximum atomic E-state index is 13.6. The van der Waals surface area contributed by atoms with Crippen LogP contribution < -0.4 is 15.4 Å². The Morgan fingerprint density at radius 2 is 1.57 bits per heavy atom. The van der Waals surface area contributed by atoms with Crippen molar-refractivity contribution >= 4 is 24.1 Å². The van der Waals surface area contributed by atoms with Gasteiger partial charge >= 0.3 is 24.1 Å². The summed E-state index contributed by atoms with van der Waals surface area (Å²) in [5.74, 6) is 0.162. The Morgan fingerprint density at radius 1 is 0.957 bits per heavy atom. The zero-order valence-electron chi connectivity index (χ0n) is 28.2. The van der Waals surface area contributed by atoms with Crippen LogP contribution in [0.1, 0.15) is 83.9 Å². The van der Waals surface area contributed by atoms with E-state index in [1.54, 1.807) is 41.5 Å². The van der Waals surface area contributed by atoms with Crippen LogP contribution in [0, 0.1) is 6.92 Å². The van der Waals surface area contributed by atoms with Gasteiger partial charge in [0.2, 0.25) is 0 Å². The summed E-state index contributed by atoms with van der Waals surface area (Å²) in [4.78, 5) is 53.1. The number of rotatable bonds is 8. The minimum absolute atomic E-state index is 0.0389. The SMILES string of the molecule is Cc1ccc2c3c1O[C@H]1C(OC(=O)CCNC(=O)OC(C)(C)C)=CC[C@@]4(OC(=O)CCNC(=O)OC(C)(C)C)[C@@H](C2)N(C)CC[C@]314. The first-order valence-corrected chi connectivity index (χ1v) is 16.0. The number of likely N-dealkylation sites (tertiary alicyclic amines) is 1. The smallest absolute Gasteiger partial charge is 0.407 e. The van der Waals surface area contributed by atoms with Crippen molar-refractivity contribution in [3.8, 4) is 5.75 Å². The lowest BCUT2D eigenvalue weighted by Crippen LogP contribution is -2.75. The van der Waals surface area contributed by atoms with E-state index in [-0.39, 0.29) is 32.0 Å². The average molecular weight is 642 g/mol. The molecule has 1 aromatic rings. The molecule has 2 N–H and O–H groups in total. The van der Waals surface area contributed by atoms with Gasteiger partial charge in [-0.1, -0.05) is 12.1 Å². The van der Waals surface area contributed by atoms with Crippen LogP contribution in [0.25, 0.3) is 0 Å². The molecule has 0 saturated carbocycles. The number of piperidine rings is 1. The quantitative estimate of drug-likeness (QED) is 0.313. The predicted molar refractivity (Wildman–Crippen MR) is 167 cm³/mol. The number of nitrogens with zero attached hydrogens (tertiary/aromatic N) is 1. The highest BCUT2D eigenvalue weighted by Gasteiger charge is 2.74. The highest BCUT2D eigenvalue weighted by Crippen LogP contribution is 2.65. The van der Waals surface area contributed by atoms with E-state index in [2.05, 4.69) is 21.6 Å². The van der Waals surface area contributed by atoms with Crippen LogP contribution in [0.3, 0.4) is 0 Å². The van der Waals surface area contributed by atoms with Gasteiger partial charge in [0.05, 0.1) is 24.3 Å². The van der Waals surface area contributed by atoms with Gasteiger partial charge in [0.1, 0.15) is 28.3 Å². The maximum Gasteiger partial charge on any atom is 0.407 e. The molecule has 5 rings (SSSR count). The number of aryl methyl sites for hydroxylation is 1. The largest absolute Gasteiger partial charge is 0.481 e. The van der Waals surface area contributed by atoms with Gasteiger partial charge in [-0.15, -0.1) is 0 Å². The van der Waals surface area contributed by atoms with E-state index < -0.39 is 52.4 Å². The average Bonchev–Trinajstić information content (AvgIpc) is 3.28. The number of carbonyl (C=O) groups is 4. The van der Waals surface area contributed by atoms with Crippen LogP contribution >= 0.6 is 0 Å². The first-order chi connectivity index (χ1) is 21.5. The molecule has 1 spiro atoms. The molecule has 2 bridgehead atoms. The molecule has 1 fully saturated rings. The molecule has 12 heteroatoms. The summed E-state index contributed by atoms with van der Waals surface area (Å²) in [5, 5.41) is 5.23. The van der Waals surface area contributed by atoms with Crippen molar-refractivity contribution in [3.05, 3.63) is 40.7 Å². The van der Waals surface area contributed by atoms with Crippen molar-refractivity contribution in [3.63, 3.8) is 0 Å². The molecule has 1 saturated heterocycles. The van der Waals surface area contributed by atoms with Gasteiger partial charge in [-0.3, -0.25) is 14.5 Å². The third-order valence-corrected chi connectivity index (χ3v) is 9.06. The van der Waals surface area contributed by atoms with E-state index in [9.17, 15) is 19.2 Å². The molecule has 2 aliphatic carbocycles. The third-order valence-electron chi connectivity index (χ3n) is 9.06. The number of hydrogen-bond acceptors (Lipinski definition) is 10. The number of amides is 2. The number of nitrogens with one attached hydrogen (secondary N) is 2. The summed E-state index contributed by atoms with van der Waals surface area (Å²) in [5.41, 5.74) is 0.0211. The highest BCUT2D eigenvalue weighted by molar-refractivity contribution is 5.75. The fourth-order valence-corrected chi connectivity index (χ4v) is 7.35. The van der Waals surface area contributed by atoms with Crippen molar-refractivity contribution in [1.29, 1.82) is 0 Å². The van der Waals surface area contributed by atoms with Crippen molar-refractivity contribution in [2.45, 2.75) is 115 Å². The molecule has 0 aromatic heterocycles. The molecule has 2 heterocycles. The van der Waals surface area contributed by atoms with Gasteiger partial charge in [0.25, 0.3) is 0 Å². The Balaban J connectivity index is 1.39. The molecule has 0 radical (unpaired) electrons. The lowest BCUT2D eigenvalue weighted by molar-refractivity contribution is -0.206. The van der Waals surface area contributed by atoms with Crippen molar-refractivity contribution in [1.82, 2.24) is 15.5 Å². The van der Waals surface area contributed by atoms with Crippen LogP contribution in [-0.4, -0.2) is 84.7 Å². The summed E-state index contributed by atoms with van der Waals surface area (Å²) in [7, 11) is 2.04. The van der Waals surface area contributed by atoms with Gasteiger partial charge in [-0.05, 0) is 92.1 Å². The van der Waals surface area contributed by atoms with Gasteiger partial charge in [0.15, 0.2) is 6.10 Å². The van der Waals surface area contributed by atoms with E-state index in [1.807, 2.05) is 26.1 Å². The Hall–Kier alpha value is -3.80. The molecule has 46 heavy (non-hydrogen) atoms. The highest BCUT2D eigenvalue weighted by atomic mass is 16.6. The fraction of sp³-hybridized carbons (Fsp3) is 0.647. The summed E-state index contributed by atoms with van der Waals surface area (Å²) >= 11 is 0. The van der Waals surface area contributed by atoms with E-state index in [1.165, 1.54) is 0 Å². The Labute approximate surface area is 270 Å². The van der Waals surface area contributed by atoms with E-state index in [0.29, 0.717) is 25.0 Å². The molecule has 2 amide bonds. The summed E-state index contributed by atoms with van der Waals surface area (Å²) < 4.78 is 29.8. The van der Waals surface area contributed by atoms with E-state index in [0.717, 1.165) is 29.0 Å². The molecule has 0 unspecified atom stereocenters. The second-order valence-electron chi connectivity index (χ2n) is 14.7. The molecular formula is C34H47N3O9. The molecule has 12 nitrogen and oxygen atoms in total. The lowest BCUT2D eigenvalue weighted by atomic mass is 9.50. The zero-order valence-corrected chi connectivity index (χ0v) is 28.2. The number of esters is 2. The Kier molecular flexibility index (Phi) is 8.82. The number of likely N-dealkylation sites (N-methyl/N-ethyl adjacent to an activating group) is 1. The zero-order chi connectivity index (χ0) is 33.7. The summed E-state index contributed by atoms with van der Waals surface area (Å²) in [6.45, 7) is 13.4. The molecule has 252 valence electrons. The molecule has 2 aliphatic heterocycles. The maximum absolute atomic E-state index is 13.6. The van der Waals surface area contributed by atoms with E-state index >= 15 is 0 Å². The first-order valence-electron chi connectivity index (χ1n) is 16.0. The van der Waals surface area contributed by atoms with Crippen LogP contribution in [0.4, 0.5) is 9.59 Å². The Bertz CT molecular complexity index is 1440. The molecular weight excluding hydrogens is 594 g/mol. The van der Waals surface area contributed by atoms with Crippen LogP contribution in [0.2, 0.25) is 0 Å². The van der Waals surface area contributed by atoms with Gasteiger partial charge in [-0.25, -0.2) is 9.59 Å². The van der Waals surface area contributed by atoms with Gasteiger partial charge in [0, 0.05) is 25.1 Å². The number of hydrogen-bond donors (Lipinski definition) is 2. The third kappa shape index (κ3) is 6.28. The van der Waals surface area contributed by atoms with Crippen molar-refractivity contribution < 1.29 is 42.9 Å². The predicted octanol–water partition coefficient (Wildman–Crippen LogP) is 4.20. The van der Waals surface area contributed by atoms with Crippen LogP contribution in [-0.2, 0) is 40.4 Å². The first kappa shape index (κ1) is 33.6. The number of benzene rings is 1. The number of alkyl carbamates (subject to hydrolysis) is 2. The molecule has 1 aromatic carbocycles. The molecule has 4 aliphatic rings. The van der Waals surface area contributed by atoms with Crippen molar-refractivity contribution in [2.75, 3.05) is 26.7 Å². The second kappa shape index (κ2) is 12.1. The normalized spacial score (nSPS) is 26.1. The summed E-state index contributed by atoms with van der Waals surface area (Å²) in [6, 6.07) is 4.01. The molecule has 4 atom stereocenters. The number of carbonyl (C=O) groups excluding carboxylic acids is 4. The standard InChI is InChI=1S/C34H47N3O9/c1-20-9-10-21-19-23-34(44-25(39)13-17-36-30(41)46-32(5,6)7)14-11-22(42-24(38)12-16-35-29(40)45-31(2,3)4)28-33(34,15-18-37(23)8)26(21)27(20)43-28/h9-11,23,28H,12-19H2,1-8H3,(H,35,40)(H,36,41)/t23-,28+,33+,34-/m1/s1. The monoisotopic (exact) mass is 641 g/mol. The fourth-order valence-electron chi connectivity index (χ4n) is 7.35. The Morgan fingerprint density at radius 3 is 2.17 bits per heavy atom. The number of ether oxygens (including phenoxy) is 5.